The van der Waals surface area contributed by atoms with E-state index in [0.29, 0.717) is 24.0 Å². The normalized spacial score (nSPS) is 11.8. The van der Waals surface area contributed by atoms with Gasteiger partial charge in [-0.1, -0.05) is 36.4 Å². The van der Waals surface area contributed by atoms with Crippen LogP contribution in [0.4, 0.5) is 0 Å². The summed E-state index contributed by atoms with van der Waals surface area (Å²) in [6, 6.07) is 13.9. The van der Waals surface area contributed by atoms with E-state index >= 15 is 0 Å². The van der Waals surface area contributed by atoms with Crippen molar-refractivity contribution in [3.8, 4) is 0 Å². The molecule has 0 aliphatic heterocycles. The second-order valence-electron chi connectivity index (χ2n) is 6.47. The zero-order chi connectivity index (χ0) is 21.4. The molecule has 3 aromatic rings. The predicted octanol–water partition coefficient (Wildman–Crippen LogP) is 2.60. The Morgan fingerprint density at radius 2 is 1.90 bits per heavy atom. The first-order valence-electron chi connectivity index (χ1n) is 9.39. The molecule has 156 valence electrons. The monoisotopic (exact) mass is 425 g/mol. The number of fused-ring (bicyclic) bond motifs is 1. The number of rotatable bonds is 9. The van der Waals surface area contributed by atoms with Crippen molar-refractivity contribution in [3.05, 3.63) is 78.1 Å². The number of carbonyl (C=O) groups is 1. The SMILES string of the molecule is COC(=O)c1ccc(C=CCNCCNS(=O)(=O)c2cccc3cnccc23)cc1. The van der Waals surface area contributed by atoms with E-state index in [1.807, 2.05) is 30.4 Å². The number of ether oxygens (including phenoxy) is 1. The molecule has 3 rings (SSSR count). The summed E-state index contributed by atoms with van der Waals surface area (Å²) < 4.78 is 32.5. The van der Waals surface area contributed by atoms with Crippen molar-refractivity contribution in [2.75, 3.05) is 26.7 Å². The van der Waals surface area contributed by atoms with Gasteiger partial charge in [-0.2, -0.15) is 0 Å². The molecule has 1 heterocycles. The predicted molar refractivity (Wildman–Crippen MR) is 117 cm³/mol. The van der Waals surface area contributed by atoms with Crippen LogP contribution in [0.25, 0.3) is 16.8 Å². The third-order valence-corrected chi connectivity index (χ3v) is 5.95. The number of hydrogen-bond acceptors (Lipinski definition) is 6. The lowest BCUT2D eigenvalue weighted by molar-refractivity contribution is 0.0600. The lowest BCUT2D eigenvalue weighted by Gasteiger charge is -2.09. The molecule has 0 aliphatic carbocycles. The van der Waals surface area contributed by atoms with Crippen LogP contribution in [0.3, 0.4) is 0 Å². The third kappa shape index (κ3) is 5.50. The van der Waals surface area contributed by atoms with E-state index < -0.39 is 10.0 Å². The Bertz CT molecular complexity index is 1140. The van der Waals surface area contributed by atoms with Crippen LogP contribution in [-0.2, 0) is 14.8 Å². The molecule has 0 atom stereocenters. The molecule has 0 aliphatic rings. The highest BCUT2D eigenvalue weighted by Crippen LogP contribution is 2.21. The molecular formula is C22H23N3O4S. The minimum absolute atomic E-state index is 0.248. The molecular weight excluding hydrogens is 402 g/mol. The third-order valence-electron chi connectivity index (χ3n) is 4.43. The Labute approximate surface area is 175 Å². The van der Waals surface area contributed by atoms with Gasteiger partial charge in [0, 0.05) is 42.8 Å². The lowest BCUT2D eigenvalue weighted by atomic mass is 10.1. The molecule has 0 radical (unpaired) electrons. The molecule has 0 amide bonds. The van der Waals surface area contributed by atoms with Gasteiger partial charge < -0.3 is 10.1 Å². The molecule has 0 saturated carbocycles. The van der Waals surface area contributed by atoms with Crippen LogP contribution >= 0.6 is 0 Å². The van der Waals surface area contributed by atoms with Crippen molar-refractivity contribution in [1.29, 1.82) is 0 Å². The number of benzene rings is 2. The molecule has 1 aromatic heterocycles. The van der Waals surface area contributed by atoms with Crippen LogP contribution in [0, 0.1) is 0 Å². The van der Waals surface area contributed by atoms with Crippen molar-refractivity contribution in [2.24, 2.45) is 0 Å². The van der Waals surface area contributed by atoms with Crippen LogP contribution in [0.15, 0.2) is 71.9 Å². The van der Waals surface area contributed by atoms with Gasteiger partial charge in [0.2, 0.25) is 10.0 Å². The zero-order valence-electron chi connectivity index (χ0n) is 16.5. The number of nitrogens with zero attached hydrogens (tertiary/aromatic N) is 1. The maximum absolute atomic E-state index is 12.6. The smallest absolute Gasteiger partial charge is 0.337 e. The summed E-state index contributed by atoms with van der Waals surface area (Å²) in [5, 5.41) is 4.59. The Hall–Kier alpha value is -3.07. The molecule has 0 fully saturated rings. The van der Waals surface area contributed by atoms with E-state index in [9.17, 15) is 13.2 Å². The summed E-state index contributed by atoms with van der Waals surface area (Å²) in [6.45, 7) is 1.34. The van der Waals surface area contributed by atoms with Crippen LogP contribution in [0.5, 0.6) is 0 Å². The second kappa shape index (κ2) is 10.1. The highest BCUT2D eigenvalue weighted by Gasteiger charge is 2.16. The molecule has 2 N–H and O–H groups in total. The van der Waals surface area contributed by atoms with Crippen LogP contribution in [0.2, 0.25) is 0 Å². The maximum atomic E-state index is 12.6. The van der Waals surface area contributed by atoms with Crippen molar-refractivity contribution in [2.45, 2.75) is 4.90 Å². The van der Waals surface area contributed by atoms with E-state index in [0.717, 1.165) is 10.9 Å². The minimum Gasteiger partial charge on any atom is -0.465 e. The van der Waals surface area contributed by atoms with Gasteiger partial charge in [0.05, 0.1) is 17.6 Å². The number of hydrogen-bond donors (Lipinski definition) is 2. The van der Waals surface area contributed by atoms with Gasteiger partial charge >= 0.3 is 5.97 Å². The molecule has 0 bridgehead atoms. The van der Waals surface area contributed by atoms with Gasteiger partial charge in [0.1, 0.15) is 0 Å². The Kier molecular flexibility index (Phi) is 7.29. The number of sulfonamides is 1. The van der Waals surface area contributed by atoms with E-state index in [1.54, 1.807) is 42.7 Å². The number of aromatic nitrogens is 1. The zero-order valence-corrected chi connectivity index (χ0v) is 17.4. The Balaban J connectivity index is 1.45. The molecule has 2 aromatic carbocycles. The highest BCUT2D eigenvalue weighted by molar-refractivity contribution is 7.89. The second-order valence-corrected chi connectivity index (χ2v) is 8.21. The summed E-state index contributed by atoms with van der Waals surface area (Å²) in [7, 11) is -2.26. The summed E-state index contributed by atoms with van der Waals surface area (Å²) in [5.41, 5.74) is 1.46. The molecule has 30 heavy (non-hydrogen) atoms. The summed E-state index contributed by atoms with van der Waals surface area (Å²) in [5.74, 6) is -0.366. The Morgan fingerprint density at radius 1 is 1.10 bits per heavy atom. The van der Waals surface area contributed by atoms with Gasteiger partial charge in [-0.3, -0.25) is 4.98 Å². The average Bonchev–Trinajstić information content (AvgIpc) is 2.77. The summed E-state index contributed by atoms with van der Waals surface area (Å²) in [6.07, 6.45) is 7.07. The quantitative estimate of drug-likeness (QED) is 0.404. The van der Waals surface area contributed by atoms with Gasteiger partial charge in [0.25, 0.3) is 0 Å². The van der Waals surface area contributed by atoms with Crippen LogP contribution < -0.4 is 10.0 Å². The number of methoxy groups -OCH3 is 1. The number of nitrogens with one attached hydrogen (secondary N) is 2. The molecule has 0 saturated heterocycles. The first-order chi connectivity index (χ1) is 14.5. The fourth-order valence-electron chi connectivity index (χ4n) is 2.91. The Morgan fingerprint density at radius 3 is 2.67 bits per heavy atom. The molecule has 8 heteroatoms. The number of esters is 1. The first kappa shape index (κ1) is 21.6. The van der Waals surface area contributed by atoms with E-state index in [2.05, 4.69) is 19.8 Å². The van der Waals surface area contributed by atoms with Crippen molar-refractivity contribution in [3.63, 3.8) is 0 Å². The number of pyridine rings is 1. The van der Waals surface area contributed by atoms with Gasteiger partial charge in [-0.15, -0.1) is 0 Å². The number of carbonyl (C=O) groups excluding carboxylic acids is 1. The van der Waals surface area contributed by atoms with E-state index in [-0.39, 0.29) is 17.4 Å². The summed E-state index contributed by atoms with van der Waals surface area (Å²) >= 11 is 0. The van der Waals surface area contributed by atoms with Gasteiger partial charge in [0.15, 0.2) is 0 Å². The largest absolute Gasteiger partial charge is 0.465 e. The van der Waals surface area contributed by atoms with Crippen molar-refractivity contribution >= 4 is 32.8 Å². The summed E-state index contributed by atoms with van der Waals surface area (Å²) in [4.78, 5) is 15.7. The van der Waals surface area contributed by atoms with Crippen molar-refractivity contribution < 1.29 is 17.9 Å². The lowest BCUT2D eigenvalue weighted by Crippen LogP contribution is -2.32. The standard InChI is InChI=1S/C22H23N3O4S/c1-29-22(26)18-9-7-17(8-10-18)4-3-12-23-14-15-25-30(27,28)21-6-2-5-19-16-24-13-11-20(19)21/h2-11,13,16,23,25H,12,14-15H2,1H3. The fourth-order valence-corrected chi connectivity index (χ4v) is 4.17. The highest BCUT2D eigenvalue weighted by atomic mass is 32.2. The van der Waals surface area contributed by atoms with E-state index in [4.69, 9.17) is 0 Å². The molecule has 0 spiro atoms. The fraction of sp³-hybridized carbons (Fsp3) is 0.182. The topological polar surface area (TPSA) is 97.4 Å². The van der Waals surface area contributed by atoms with Crippen LogP contribution in [-0.4, -0.2) is 46.1 Å². The van der Waals surface area contributed by atoms with E-state index in [1.165, 1.54) is 7.11 Å². The maximum Gasteiger partial charge on any atom is 0.337 e. The molecule has 0 unspecified atom stereocenters. The van der Waals surface area contributed by atoms with Crippen molar-refractivity contribution in [1.82, 2.24) is 15.0 Å². The minimum atomic E-state index is -3.61. The average molecular weight is 426 g/mol. The first-order valence-corrected chi connectivity index (χ1v) is 10.9. The van der Waals surface area contributed by atoms with Crippen LogP contribution in [0.1, 0.15) is 15.9 Å². The van der Waals surface area contributed by atoms with Gasteiger partial charge in [-0.05, 0) is 29.8 Å². The van der Waals surface area contributed by atoms with Gasteiger partial charge in [-0.25, -0.2) is 17.9 Å². The molecule has 7 nitrogen and oxygen atoms in total.